The van der Waals surface area contributed by atoms with Crippen molar-refractivity contribution >= 4 is 22.1 Å². The van der Waals surface area contributed by atoms with Crippen LogP contribution in [0.25, 0.3) is 10.8 Å². The summed E-state index contributed by atoms with van der Waals surface area (Å²) in [5.41, 5.74) is 3.00. The van der Waals surface area contributed by atoms with Crippen LogP contribution in [0.15, 0.2) is 42.0 Å². The van der Waals surface area contributed by atoms with Crippen molar-refractivity contribution < 1.29 is 14.6 Å². The van der Waals surface area contributed by atoms with Crippen LogP contribution in [0.4, 0.5) is 0 Å². The number of benzene rings is 2. The highest BCUT2D eigenvalue weighted by Crippen LogP contribution is 2.38. The maximum atomic E-state index is 9.68. The van der Waals surface area contributed by atoms with Crippen molar-refractivity contribution in [3.05, 3.63) is 52.5 Å². The molecule has 3 aromatic rings. The quantitative estimate of drug-likeness (QED) is 0.733. The minimum Gasteiger partial charge on any atom is -0.493 e. The molecule has 2 aromatic carbocycles. The van der Waals surface area contributed by atoms with Gasteiger partial charge in [-0.1, -0.05) is 25.1 Å². The second-order valence-electron chi connectivity index (χ2n) is 5.86. The first-order valence-electron chi connectivity index (χ1n) is 7.82. The van der Waals surface area contributed by atoms with Crippen LogP contribution in [0.2, 0.25) is 0 Å². The van der Waals surface area contributed by atoms with Crippen LogP contribution in [0.3, 0.4) is 0 Å². The Kier molecular flexibility index (Phi) is 5.02. The summed E-state index contributed by atoms with van der Waals surface area (Å²) in [4.78, 5) is 5.36. The van der Waals surface area contributed by atoms with Crippen molar-refractivity contribution in [2.75, 3.05) is 20.8 Å². The van der Waals surface area contributed by atoms with E-state index in [1.165, 1.54) is 5.56 Å². The summed E-state index contributed by atoms with van der Waals surface area (Å²) in [5, 5.41) is 11.9. The minimum atomic E-state index is 0.114. The molecule has 24 heavy (non-hydrogen) atoms. The summed E-state index contributed by atoms with van der Waals surface area (Å²) in [6.45, 7) is 2.19. The molecule has 4 nitrogen and oxygen atoms in total. The van der Waals surface area contributed by atoms with Gasteiger partial charge in [0.2, 0.25) is 0 Å². The van der Waals surface area contributed by atoms with Gasteiger partial charge in [-0.2, -0.15) is 0 Å². The number of aliphatic hydroxyl groups is 1. The number of hydrogen-bond acceptors (Lipinski definition) is 5. The summed E-state index contributed by atoms with van der Waals surface area (Å²) in [7, 11) is 3.28. The predicted octanol–water partition coefficient (Wildman–Crippen LogP) is 4.07. The smallest absolute Gasteiger partial charge is 0.161 e. The van der Waals surface area contributed by atoms with Crippen molar-refractivity contribution in [3.63, 3.8) is 0 Å². The van der Waals surface area contributed by atoms with Gasteiger partial charge in [0.1, 0.15) is 0 Å². The molecule has 3 rings (SSSR count). The van der Waals surface area contributed by atoms with E-state index in [4.69, 9.17) is 9.47 Å². The van der Waals surface area contributed by atoms with Crippen molar-refractivity contribution in [1.82, 2.24) is 4.98 Å². The van der Waals surface area contributed by atoms with Crippen molar-refractivity contribution in [3.8, 4) is 11.5 Å². The molecule has 0 aliphatic carbocycles. The lowest BCUT2D eigenvalue weighted by Crippen LogP contribution is -2.14. The standard InChI is InChI=1S/C19H21NO3S/c1-12(10-21)19(18-9-20-11-24-18)14-5-4-13-7-16(22-2)17(23-3)8-15(13)6-14/h4-9,11-12,19,21H,10H2,1-3H3. The third kappa shape index (κ3) is 3.09. The van der Waals surface area contributed by atoms with Crippen LogP contribution in [-0.2, 0) is 0 Å². The lowest BCUT2D eigenvalue weighted by Gasteiger charge is -2.22. The normalized spacial score (nSPS) is 13.7. The number of rotatable bonds is 6. The Morgan fingerprint density at radius 2 is 1.79 bits per heavy atom. The Morgan fingerprint density at radius 3 is 2.38 bits per heavy atom. The van der Waals surface area contributed by atoms with Gasteiger partial charge in [0, 0.05) is 23.6 Å². The second kappa shape index (κ2) is 7.20. The average molecular weight is 343 g/mol. The first-order valence-corrected chi connectivity index (χ1v) is 8.70. The number of methoxy groups -OCH3 is 2. The zero-order valence-electron chi connectivity index (χ0n) is 14.0. The van der Waals surface area contributed by atoms with Crippen molar-refractivity contribution in [1.29, 1.82) is 0 Å². The highest BCUT2D eigenvalue weighted by Gasteiger charge is 2.23. The molecule has 1 heterocycles. The highest BCUT2D eigenvalue weighted by atomic mass is 32.1. The third-order valence-electron chi connectivity index (χ3n) is 4.34. The van der Waals surface area contributed by atoms with Crippen LogP contribution in [0.5, 0.6) is 11.5 Å². The van der Waals surface area contributed by atoms with E-state index in [1.54, 1.807) is 25.6 Å². The Balaban J connectivity index is 2.11. The number of hydrogen-bond donors (Lipinski definition) is 1. The van der Waals surface area contributed by atoms with E-state index in [2.05, 4.69) is 30.1 Å². The largest absolute Gasteiger partial charge is 0.493 e. The zero-order chi connectivity index (χ0) is 17.1. The molecule has 0 saturated heterocycles. The Bertz CT molecular complexity index is 817. The summed E-state index contributed by atoms with van der Waals surface area (Å²) >= 11 is 1.62. The first-order chi connectivity index (χ1) is 11.7. The van der Waals surface area contributed by atoms with Crippen molar-refractivity contribution in [2.24, 2.45) is 5.92 Å². The fourth-order valence-electron chi connectivity index (χ4n) is 3.04. The molecular formula is C19H21NO3S. The molecule has 0 saturated carbocycles. The van der Waals surface area contributed by atoms with Gasteiger partial charge < -0.3 is 14.6 Å². The van der Waals surface area contributed by atoms with Gasteiger partial charge in [0.15, 0.2) is 11.5 Å². The van der Waals surface area contributed by atoms with E-state index in [0.29, 0.717) is 5.75 Å². The van der Waals surface area contributed by atoms with Crippen LogP contribution < -0.4 is 9.47 Å². The van der Waals surface area contributed by atoms with Crippen molar-refractivity contribution in [2.45, 2.75) is 12.8 Å². The molecular weight excluding hydrogens is 322 g/mol. The lowest BCUT2D eigenvalue weighted by molar-refractivity contribution is 0.226. The lowest BCUT2D eigenvalue weighted by atomic mass is 9.85. The average Bonchev–Trinajstić information content (AvgIpc) is 3.14. The molecule has 0 fully saturated rings. The molecule has 2 unspecified atom stereocenters. The fraction of sp³-hybridized carbons (Fsp3) is 0.316. The molecule has 0 aliphatic heterocycles. The Labute approximate surface area is 145 Å². The minimum absolute atomic E-state index is 0.114. The number of aromatic nitrogens is 1. The SMILES string of the molecule is COc1cc2ccc(C(c3cncs3)C(C)CO)cc2cc1OC. The van der Waals surface area contributed by atoms with Crippen LogP contribution in [-0.4, -0.2) is 30.9 Å². The summed E-state index contributed by atoms with van der Waals surface area (Å²) in [6.07, 6.45) is 1.89. The molecule has 0 amide bonds. The Morgan fingerprint density at radius 1 is 1.08 bits per heavy atom. The van der Waals surface area contributed by atoms with Gasteiger partial charge in [0.05, 0.1) is 19.7 Å². The maximum Gasteiger partial charge on any atom is 0.161 e. The highest BCUT2D eigenvalue weighted by molar-refractivity contribution is 7.09. The summed E-state index contributed by atoms with van der Waals surface area (Å²) in [5.74, 6) is 1.68. The fourth-order valence-corrected chi connectivity index (χ4v) is 3.92. The number of fused-ring (bicyclic) bond motifs is 1. The molecule has 0 aliphatic rings. The van der Waals surface area contributed by atoms with Gasteiger partial charge in [-0.3, -0.25) is 4.98 Å². The van der Waals surface area contributed by atoms with E-state index < -0.39 is 0 Å². The molecule has 0 radical (unpaired) electrons. The van der Waals surface area contributed by atoms with Crippen LogP contribution >= 0.6 is 11.3 Å². The number of ether oxygens (including phenoxy) is 2. The van der Waals surface area contributed by atoms with Gasteiger partial charge in [-0.25, -0.2) is 0 Å². The molecule has 0 bridgehead atoms. The first kappa shape index (κ1) is 16.7. The second-order valence-corrected chi connectivity index (χ2v) is 6.77. The summed E-state index contributed by atoms with van der Waals surface area (Å²) < 4.78 is 10.8. The monoisotopic (exact) mass is 343 g/mol. The van der Waals surface area contributed by atoms with E-state index in [9.17, 15) is 5.11 Å². The Hall–Kier alpha value is -2.11. The molecule has 1 N–H and O–H groups in total. The van der Waals surface area contributed by atoms with Crippen LogP contribution in [0, 0.1) is 5.92 Å². The molecule has 2 atom stereocenters. The molecule has 0 spiro atoms. The molecule has 1 aromatic heterocycles. The van der Waals surface area contributed by atoms with E-state index in [1.807, 2.05) is 23.8 Å². The maximum absolute atomic E-state index is 9.68. The topological polar surface area (TPSA) is 51.6 Å². The van der Waals surface area contributed by atoms with E-state index in [-0.39, 0.29) is 18.4 Å². The van der Waals surface area contributed by atoms with E-state index >= 15 is 0 Å². The number of thiazole rings is 1. The molecule has 126 valence electrons. The zero-order valence-corrected chi connectivity index (χ0v) is 14.8. The van der Waals surface area contributed by atoms with Gasteiger partial charge in [-0.05, 0) is 34.4 Å². The number of nitrogens with zero attached hydrogens (tertiary/aromatic N) is 1. The van der Waals surface area contributed by atoms with Gasteiger partial charge in [0.25, 0.3) is 0 Å². The predicted molar refractivity (Wildman–Crippen MR) is 97.3 cm³/mol. The number of aliphatic hydroxyl groups excluding tert-OH is 1. The summed E-state index contributed by atoms with van der Waals surface area (Å²) in [6, 6.07) is 10.3. The van der Waals surface area contributed by atoms with Gasteiger partial charge >= 0.3 is 0 Å². The van der Waals surface area contributed by atoms with Crippen LogP contribution in [0.1, 0.15) is 23.3 Å². The van der Waals surface area contributed by atoms with Gasteiger partial charge in [-0.15, -0.1) is 11.3 Å². The third-order valence-corrected chi connectivity index (χ3v) is 5.20. The van der Waals surface area contributed by atoms with E-state index in [0.717, 1.165) is 21.4 Å². The molecule has 5 heteroatoms.